The van der Waals surface area contributed by atoms with Crippen molar-refractivity contribution in [2.45, 2.75) is 39.5 Å². The minimum atomic E-state index is -0.129. The van der Waals surface area contributed by atoms with E-state index in [4.69, 9.17) is 16.2 Å². The van der Waals surface area contributed by atoms with Crippen LogP contribution in [-0.2, 0) is 17.9 Å². The number of rotatable bonds is 4. The van der Waals surface area contributed by atoms with Crippen LogP contribution in [0.2, 0.25) is 0 Å². The minimum absolute atomic E-state index is 0. The highest BCUT2D eigenvalue weighted by molar-refractivity contribution is 14.0. The Morgan fingerprint density at radius 2 is 1.83 bits per heavy atom. The number of nitrogens with two attached hydrogens (primary N) is 2. The third-order valence-electron chi connectivity index (χ3n) is 2.11. The molecule has 0 fully saturated rings. The quantitative estimate of drug-likeness (QED) is 0.490. The number of aliphatic imine (C=N–C) groups is 1. The molecular weight excluding hydrogens is 341 g/mol. The maximum atomic E-state index is 5.71. The Morgan fingerprint density at radius 1 is 1.22 bits per heavy atom. The Balaban J connectivity index is 0.00000289. The van der Waals surface area contributed by atoms with Gasteiger partial charge in [-0.25, -0.2) is 4.99 Å². The highest BCUT2D eigenvalue weighted by atomic mass is 127. The number of nitrogens with zero attached hydrogens (tertiary/aromatic N) is 1. The van der Waals surface area contributed by atoms with Crippen molar-refractivity contribution in [3.63, 3.8) is 0 Å². The Labute approximate surface area is 126 Å². The number of halogens is 1. The molecule has 18 heavy (non-hydrogen) atoms. The van der Waals surface area contributed by atoms with E-state index in [2.05, 4.69) is 11.1 Å². The highest BCUT2D eigenvalue weighted by Gasteiger charge is 2.09. The third kappa shape index (κ3) is 7.50. The van der Waals surface area contributed by atoms with Crippen LogP contribution in [0.5, 0.6) is 0 Å². The molecule has 0 aliphatic rings. The first-order chi connectivity index (χ1) is 7.87. The summed E-state index contributed by atoms with van der Waals surface area (Å²) in [7, 11) is 0. The van der Waals surface area contributed by atoms with Crippen LogP contribution in [0.4, 0.5) is 0 Å². The van der Waals surface area contributed by atoms with Crippen molar-refractivity contribution in [2.24, 2.45) is 16.5 Å². The van der Waals surface area contributed by atoms with Gasteiger partial charge in [-0.1, -0.05) is 24.3 Å². The molecule has 0 aromatic heterocycles. The molecule has 0 spiro atoms. The maximum Gasteiger partial charge on any atom is 0.186 e. The van der Waals surface area contributed by atoms with Crippen LogP contribution in [0.15, 0.2) is 29.3 Å². The third-order valence-corrected chi connectivity index (χ3v) is 2.11. The summed E-state index contributed by atoms with van der Waals surface area (Å²) in [5, 5.41) is 0. The second-order valence-electron chi connectivity index (χ2n) is 4.96. The van der Waals surface area contributed by atoms with Crippen molar-refractivity contribution < 1.29 is 4.74 Å². The van der Waals surface area contributed by atoms with Crippen LogP contribution < -0.4 is 11.5 Å². The van der Waals surface area contributed by atoms with Crippen LogP contribution in [0.3, 0.4) is 0 Å². The molecule has 0 unspecified atom stereocenters. The molecule has 1 aromatic rings. The van der Waals surface area contributed by atoms with Crippen molar-refractivity contribution >= 4 is 29.9 Å². The van der Waals surface area contributed by atoms with Crippen molar-refractivity contribution in [3.8, 4) is 0 Å². The Bertz CT molecular complexity index is 395. The molecule has 0 saturated heterocycles. The average Bonchev–Trinajstić information content (AvgIpc) is 2.23. The van der Waals surface area contributed by atoms with E-state index in [-0.39, 0.29) is 35.5 Å². The standard InChI is InChI=1S/C13H21N3O.HI/c1-13(2,3)17-9-11-6-4-5-10(7-11)8-16-12(14)15;/h4-7H,8-9H2,1-3H3,(H4,14,15,16);1H. The fraction of sp³-hybridized carbons (Fsp3) is 0.462. The first kappa shape index (κ1) is 17.2. The lowest BCUT2D eigenvalue weighted by Gasteiger charge is -2.19. The molecule has 1 rings (SSSR count). The summed E-state index contributed by atoms with van der Waals surface area (Å²) in [6.07, 6.45) is 0. The van der Waals surface area contributed by atoms with E-state index in [1.807, 2.05) is 39.0 Å². The van der Waals surface area contributed by atoms with Crippen molar-refractivity contribution in [1.29, 1.82) is 0 Å². The zero-order valence-corrected chi connectivity index (χ0v) is 13.5. The number of hydrogen-bond donors (Lipinski definition) is 2. The fourth-order valence-corrected chi connectivity index (χ4v) is 1.30. The van der Waals surface area contributed by atoms with Gasteiger partial charge in [-0.15, -0.1) is 24.0 Å². The lowest BCUT2D eigenvalue weighted by Crippen LogP contribution is -2.22. The second-order valence-corrected chi connectivity index (χ2v) is 4.96. The normalized spacial score (nSPS) is 10.6. The predicted octanol–water partition coefficient (Wildman–Crippen LogP) is 2.39. The molecule has 0 amide bonds. The van der Waals surface area contributed by atoms with Gasteiger partial charge in [-0.05, 0) is 31.9 Å². The second kappa shape index (κ2) is 7.58. The maximum absolute atomic E-state index is 5.71. The summed E-state index contributed by atoms with van der Waals surface area (Å²) in [6, 6.07) is 8.06. The summed E-state index contributed by atoms with van der Waals surface area (Å²) in [5.74, 6) is 0.112. The van der Waals surface area contributed by atoms with E-state index in [9.17, 15) is 0 Å². The van der Waals surface area contributed by atoms with Gasteiger partial charge in [0.25, 0.3) is 0 Å². The van der Waals surface area contributed by atoms with Crippen molar-refractivity contribution in [1.82, 2.24) is 0 Å². The average molecular weight is 363 g/mol. The highest BCUT2D eigenvalue weighted by Crippen LogP contribution is 2.13. The van der Waals surface area contributed by atoms with Gasteiger partial charge in [0.2, 0.25) is 0 Å². The smallest absolute Gasteiger partial charge is 0.186 e. The van der Waals surface area contributed by atoms with E-state index >= 15 is 0 Å². The SMILES string of the molecule is CC(C)(C)OCc1cccc(CN=C(N)N)c1.I. The molecule has 102 valence electrons. The van der Waals surface area contributed by atoms with Crippen LogP contribution in [-0.4, -0.2) is 11.6 Å². The van der Waals surface area contributed by atoms with Crippen molar-refractivity contribution in [2.75, 3.05) is 0 Å². The number of benzene rings is 1. The summed E-state index contributed by atoms with van der Waals surface area (Å²) >= 11 is 0. The largest absolute Gasteiger partial charge is 0.371 e. The minimum Gasteiger partial charge on any atom is -0.371 e. The van der Waals surface area contributed by atoms with Crippen LogP contribution in [0.1, 0.15) is 31.9 Å². The fourth-order valence-electron chi connectivity index (χ4n) is 1.30. The van der Waals surface area contributed by atoms with Gasteiger partial charge in [-0.3, -0.25) is 0 Å². The van der Waals surface area contributed by atoms with Gasteiger partial charge in [-0.2, -0.15) is 0 Å². The van der Waals surface area contributed by atoms with Gasteiger partial charge in [0.1, 0.15) is 0 Å². The molecule has 0 aliphatic carbocycles. The van der Waals surface area contributed by atoms with Crippen LogP contribution in [0.25, 0.3) is 0 Å². The summed E-state index contributed by atoms with van der Waals surface area (Å²) in [4.78, 5) is 3.98. The Kier molecular flexibility index (Phi) is 7.23. The molecule has 0 bridgehead atoms. The summed E-state index contributed by atoms with van der Waals surface area (Å²) in [6.45, 7) is 7.22. The van der Waals surface area contributed by atoms with Gasteiger partial charge in [0.15, 0.2) is 5.96 Å². The molecular formula is C13H22IN3O. The van der Waals surface area contributed by atoms with E-state index < -0.39 is 0 Å². The van der Waals surface area contributed by atoms with Gasteiger partial charge < -0.3 is 16.2 Å². The van der Waals surface area contributed by atoms with Gasteiger partial charge in [0, 0.05) is 0 Å². The first-order valence-corrected chi connectivity index (χ1v) is 5.64. The van der Waals surface area contributed by atoms with E-state index in [1.165, 1.54) is 0 Å². The van der Waals surface area contributed by atoms with E-state index in [0.29, 0.717) is 13.2 Å². The monoisotopic (exact) mass is 363 g/mol. The van der Waals surface area contributed by atoms with E-state index in [0.717, 1.165) is 11.1 Å². The lowest BCUT2D eigenvalue weighted by atomic mass is 10.1. The zero-order valence-electron chi connectivity index (χ0n) is 11.1. The molecule has 0 aliphatic heterocycles. The molecule has 0 saturated carbocycles. The molecule has 5 heteroatoms. The van der Waals surface area contributed by atoms with Gasteiger partial charge >= 0.3 is 0 Å². The molecule has 4 N–H and O–H groups in total. The number of hydrogen-bond acceptors (Lipinski definition) is 2. The van der Waals surface area contributed by atoms with E-state index in [1.54, 1.807) is 0 Å². The van der Waals surface area contributed by atoms with Crippen molar-refractivity contribution in [3.05, 3.63) is 35.4 Å². The molecule has 1 aromatic carbocycles. The molecule has 4 nitrogen and oxygen atoms in total. The topological polar surface area (TPSA) is 73.6 Å². The Morgan fingerprint density at radius 3 is 2.39 bits per heavy atom. The van der Waals surface area contributed by atoms with Crippen LogP contribution in [0, 0.1) is 0 Å². The molecule has 0 radical (unpaired) electrons. The van der Waals surface area contributed by atoms with Crippen LogP contribution >= 0.6 is 24.0 Å². The number of ether oxygens (including phenoxy) is 1. The molecule has 0 atom stereocenters. The number of guanidine groups is 1. The first-order valence-electron chi connectivity index (χ1n) is 5.64. The zero-order chi connectivity index (χ0) is 12.9. The van der Waals surface area contributed by atoms with Gasteiger partial charge in [0.05, 0.1) is 18.8 Å². The summed E-state index contributed by atoms with van der Waals surface area (Å²) in [5.41, 5.74) is 12.7. The Hall–Kier alpha value is -0.820. The predicted molar refractivity (Wildman–Crippen MR) is 85.9 cm³/mol. The summed E-state index contributed by atoms with van der Waals surface area (Å²) < 4.78 is 5.71. The molecule has 0 heterocycles. The lowest BCUT2D eigenvalue weighted by molar-refractivity contribution is -0.0149.